The maximum absolute atomic E-state index is 13.1. The fraction of sp³-hybridized carbons (Fsp3) is 0.619. The van der Waals surface area contributed by atoms with E-state index in [1.54, 1.807) is 12.5 Å². The average Bonchev–Trinajstić information content (AvgIpc) is 3.30. The van der Waals surface area contributed by atoms with Gasteiger partial charge in [-0.25, -0.2) is 4.98 Å². The highest BCUT2D eigenvalue weighted by Gasteiger charge is 2.30. The molecule has 0 spiro atoms. The molecule has 2 fully saturated rings. The summed E-state index contributed by atoms with van der Waals surface area (Å²) in [7, 11) is 0. The first-order valence-electron chi connectivity index (χ1n) is 10.4. The minimum atomic E-state index is 0.0476. The lowest BCUT2D eigenvalue weighted by molar-refractivity contribution is 0.0514. The Morgan fingerprint density at radius 1 is 1.07 bits per heavy atom. The van der Waals surface area contributed by atoms with Crippen molar-refractivity contribution in [3.63, 3.8) is 0 Å². The number of piperidine rings is 1. The minimum Gasteiger partial charge on any atom is -0.454 e. The van der Waals surface area contributed by atoms with Crippen molar-refractivity contribution in [1.29, 1.82) is 0 Å². The highest BCUT2D eigenvalue weighted by molar-refractivity contribution is 5.91. The van der Waals surface area contributed by atoms with Crippen LogP contribution in [0.1, 0.15) is 61.3 Å². The molecule has 0 bridgehead atoms. The van der Waals surface area contributed by atoms with Gasteiger partial charge in [-0.05, 0) is 57.3 Å². The molecule has 0 radical (unpaired) electrons. The highest BCUT2D eigenvalue weighted by Crippen LogP contribution is 2.23. The van der Waals surface area contributed by atoms with Gasteiger partial charge in [0.15, 0.2) is 5.76 Å². The first-order chi connectivity index (χ1) is 13.3. The monoisotopic (exact) mass is 370 g/mol. The summed E-state index contributed by atoms with van der Waals surface area (Å²) < 4.78 is 7.82. The molecule has 4 heterocycles. The van der Waals surface area contributed by atoms with Crippen molar-refractivity contribution in [3.05, 3.63) is 42.4 Å². The molecular formula is C21H30N4O2. The third kappa shape index (κ3) is 4.61. The van der Waals surface area contributed by atoms with Gasteiger partial charge < -0.3 is 18.8 Å². The quantitative estimate of drug-likeness (QED) is 0.809. The third-order valence-electron chi connectivity index (χ3n) is 5.83. The molecule has 6 heteroatoms. The fourth-order valence-electron chi connectivity index (χ4n) is 4.35. The molecule has 146 valence electrons. The molecule has 4 rings (SSSR count). The van der Waals surface area contributed by atoms with Crippen molar-refractivity contribution in [1.82, 2.24) is 19.4 Å². The van der Waals surface area contributed by atoms with Crippen molar-refractivity contribution < 1.29 is 9.21 Å². The number of likely N-dealkylation sites (tertiary alicyclic amines) is 2. The number of carbonyl (C=O) groups is 1. The topological polar surface area (TPSA) is 54.5 Å². The molecule has 0 aliphatic carbocycles. The Bertz CT molecular complexity index is 716. The predicted octanol–water partition coefficient (Wildman–Crippen LogP) is 3.40. The van der Waals surface area contributed by atoms with Crippen LogP contribution in [0, 0.1) is 0 Å². The largest absolute Gasteiger partial charge is 0.454 e. The van der Waals surface area contributed by atoms with Gasteiger partial charge >= 0.3 is 0 Å². The van der Waals surface area contributed by atoms with Crippen LogP contribution < -0.4 is 0 Å². The Labute approximate surface area is 161 Å². The molecular weight excluding hydrogens is 340 g/mol. The molecule has 1 unspecified atom stereocenters. The molecule has 1 amide bonds. The Balaban J connectivity index is 1.41. The number of nitrogens with zero attached hydrogens (tertiary/aromatic N) is 4. The molecule has 0 N–H and O–H groups in total. The van der Waals surface area contributed by atoms with Crippen LogP contribution >= 0.6 is 0 Å². The van der Waals surface area contributed by atoms with E-state index in [2.05, 4.69) is 14.8 Å². The molecule has 0 saturated carbocycles. The summed E-state index contributed by atoms with van der Waals surface area (Å²) in [5.74, 6) is 1.30. The zero-order valence-electron chi connectivity index (χ0n) is 16.1. The molecule has 2 aliphatic heterocycles. The first kappa shape index (κ1) is 18.3. The number of hydrogen-bond donors (Lipinski definition) is 0. The number of aromatic nitrogens is 2. The van der Waals surface area contributed by atoms with Gasteiger partial charge in [-0.15, -0.1) is 0 Å². The van der Waals surface area contributed by atoms with E-state index < -0.39 is 0 Å². The SMILES string of the molecule is O=C(c1ccc(Cn2ccnc2)o1)N1CCCCC1CN1CCCCCC1. The molecule has 2 saturated heterocycles. The normalized spacial score (nSPS) is 21.9. The van der Waals surface area contributed by atoms with E-state index in [1.807, 2.05) is 22.9 Å². The van der Waals surface area contributed by atoms with Gasteiger partial charge in [-0.3, -0.25) is 4.79 Å². The van der Waals surface area contributed by atoms with E-state index in [9.17, 15) is 4.79 Å². The van der Waals surface area contributed by atoms with Crippen LogP contribution in [-0.4, -0.2) is 57.5 Å². The second-order valence-electron chi connectivity index (χ2n) is 7.86. The molecule has 6 nitrogen and oxygen atoms in total. The van der Waals surface area contributed by atoms with Crippen molar-refractivity contribution in [2.45, 2.75) is 57.5 Å². The van der Waals surface area contributed by atoms with Crippen LogP contribution in [0.2, 0.25) is 0 Å². The van der Waals surface area contributed by atoms with E-state index >= 15 is 0 Å². The summed E-state index contributed by atoms with van der Waals surface area (Å²) in [6, 6.07) is 4.04. The van der Waals surface area contributed by atoms with Crippen molar-refractivity contribution >= 4 is 5.91 Å². The summed E-state index contributed by atoms with van der Waals surface area (Å²) in [5, 5.41) is 0. The molecule has 0 aromatic carbocycles. The minimum absolute atomic E-state index is 0.0476. The van der Waals surface area contributed by atoms with Crippen LogP contribution in [-0.2, 0) is 6.54 Å². The van der Waals surface area contributed by atoms with Gasteiger partial charge in [0.1, 0.15) is 5.76 Å². The number of rotatable bonds is 5. The second kappa shape index (κ2) is 8.74. The summed E-state index contributed by atoms with van der Waals surface area (Å²) in [6.07, 6.45) is 14.1. The van der Waals surface area contributed by atoms with Crippen molar-refractivity contribution in [2.75, 3.05) is 26.2 Å². The number of hydrogen-bond acceptors (Lipinski definition) is 4. The van der Waals surface area contributed by atoms with Crippen LogP contribution in [0.3, 0.4) is 0 Å². The zero-order valence-corrected chi connectivity index (χ0v) is 16.1. The number of carbonyl (C=O) groups excluding carboxylic acids is 1. The first-order valence-corrected chi connectivity index (χ1v) is 10.4. The van der Waals surface area contributed by atoms with Crippen LogP contribution in [0.5, 0.6) is 0 Å². The van der Waals surface area contributed by atoms with E-state index in [-0.39, 0.29) is 5.91 Å². The lowest BCUT2D eigenvalue weighted by Gasteiger charge is -2.38. The van der Waals surface area contributed by atoms with Crippen LogP contribution in [0.4, 0.5) is 0 Å². The maximum atomic E-state index is 13.1. The second-order valence-corrected chi connectivity index (χ2v) is 7.86. The average molecular weight is 370 g/mol. The molecule has 2 aromatic rings. The molecule has 1 atom stereocenters. The highest BCUT2D eigenvalue weighted by atomic mass is 16.4. The predicted molar refractivity (Wildman–Crippen MR) is 104 cm³/mol. The van der Waals surface area contributed by atoms with E-state index in [1.165, 1.54) is 45.2 Å². The number of imidazole rings is 1. The summed E-state index contributed by atoms with van der Waals surface area (Å²) in [5.41, 5.74) is 0. The summed E-state index contributed by atoms with van der Waals surface area (Å²) >= 11 is 0. The zero-order chi connectivity index (χ0) is 18.5. The van der Waals surface area contributed by atoms with Gasteiger partial charge in [-0.1, -0.05) is 12.8 Å². The number of furan rings is 1. The Kier molecular flexibility index (Phi) is 5.92. The van der Waals surface area contributed by atoms with Crippen LogP contribution in [0.15, 0.2) is 35.3 Å². The maximum Gasteiger partial charge on any atom is 0.289 e. The third-order valence-corrected chi connectivity index (χ3v) is 5.83. The van der Waals surface area contributed by atoms with Gasteiger partial charge in [-0.2, -0.15) is 0 Å². The summed E-state index contributed by atoms with van der Waals surface area (Å²) in [6.45, 7) is 4.80. The Morgan fingerprint density at radius 3 is 2.67 bits per heavy atom. The Morgan fingerprint density at radius 2 is 1.89 bits per heavy atom. The lowest BCUT2D eigenvalue weighted by Crippen LogP contribution is -2.49. The van der Waals surface area contributed by atoms with Crippen molar-refractivity contribution in [2.24, 2.45) is 0 Å². The molecule has 2 aliphatic rings. The lowest BCUT2D eigenvalue weighted by atomic mass is 10.0. The Hall–Kier alpha value is -2.08. The van der Waals surface area contributed by atoms with Gasteiger partial charge in [0, 0.05) is 31.5 Å². The molecule has 27 heavy (non-hydrogen) atoms. The number of amides is 1. The van der Waals surface area contributed by atoms with E-state index in [4.69, 9.17) is 4.42 Å². The fourth-order valence-corrected chi connectivity index (χ4v) is 4.35. The van der Waals surface area contributed by atoms with Gasteiger partial charge in [0.05, 0.1) is 12.9 Å². The smallest absolute Gasteiger partial charge is 0.289 e. The van der Waals surface area contributed by atoms with Gasteiger partial charge in [0.25, 0.3) is 5.91 Å². The van der Waals surface area contributed by atoms with E-state index in [0.29, 0.717) is 18.3 Å². The molecule has 2 aromatic heterocycles. The van der Waals surface area contributed by atoms with Crippen LogP contribution in [0.25, 0.3) is 0 Å². The summed E-state index contributed by atoms with van der Waals surface area (Å²) in [4.78, 5) is 21.8. The van der Waals surface area contributed by atoms with E-state index in [0.717, 1.165) is 31.7 Å². The van der Waals surface area contributed by atoms with Gasteiger partial charge in [0.2, 0.25) is 0 Å². The standard InChI is InChI=1S/C21H30N4O2/c26-21(20-9-8-19(27-20)16-24-14-10-22-17-24)25-13-6-3-7-18(25)15-23-11-4-1-2-5-12-23/h8-10,14,17-18H,1-7,11-13,15-16H2. The van der Waals surface area contributed by atoms with Crippen molar-refractivity contribution in [3.8, 4) is 0 Å².